The van der Waals surface area contributed by atoms with Crippen LogP contribution in [0.15, 0.2) is 18.2 Å². The van der Waals surface area contributed by atoms with Crippen LogP contribution in [0.2, 0.25) is 5.02 Å². The molecular weight excluding hydrogens is 169 g/mol. The van der Waals surface area contributed by atoms with Crippen LogP contribution in [0.4, 0.5) is 4.39 Å². The van der Waals surface area contributed by atoms with E-state index in [0.717, 1.165) is 0 Å². The number of hydrogen-bond acceptors (Lipinski definition) is 2. The molecular formula is C7H7ClFNO. The van der Waals surface area contributed by atoms with Gasteiger partial charge >= 0.3 is 0 Å². The molecule has 0 spiro atoms. The van der Waals surface area contributed by atoms with Crippen molar-refractivity contribution in [2.75, 3.05) is 0 Å². The number of benzene rings is 1. The summed E-state index contributed by atoms with van der Waals surface area (Å²) in [6.45, 7) is 0.149. The van der Waals surface area contributed by atoms with Gasteiger partial charge in [-0.05, 0) is 11.6 Å². The van der Waals surface area contributed by atoms with E-state index in [0.29, 0.717) is 5.56 Å². The quantitative estimate of drug-likeness (QED) is 0.674. The Labute approximate surface area is 68.6 Å². The lowest BCUT2D eigenvalue weighted by Gasteiger charge is -2.01. The van der Waals surface area contributed by atoms with Gasteiger partial charge in [0.25, 0.3) is 0 Å². The van der Waals surface area contributed by atoms with E-state index in [1.807, 2.05) is 5.48 Å². The largest absolute Gasteiger partial charge is 0.316 e. The Kier molecular flexibility index (Phi) is 2.82. The summed E-state index contributed by atoms with van der Waals surface area (Å²) in [5.41, 5.74) is 2.44. The van der Waals surface area contributed by atoms with E-state index in [-0.39, 0.29) is 11.6 Å². The first-order valence-electron chi connectivity index (χ1n) is 3.05. The Bertz CT molecular complexity index is 254. The van der Waals surface area contributed by atoms with Gasteiger partial charge < -0.3 is 5.21 Å². The molecule has 1 rings (SSSR count). The highest BCUT2D eigenvalue weighted by Gasteiger charge is 2.03. The van der Waals surface area contributed by atoms with Gasteiger partial charge in [-0.3, -0.25) is 0 Å². The minimum absolute atomic E-state index is 0.0500. The summed E-state index contributed by atoms with van der Waals surface area (Å²) in [6.07, 6.45) is 0. The lowest BCUT2D eigenvalue weighted by molar-refractivity contribution is 0.161. The van der Waals surface area contributed by atoms with Gasteiger partial charge in [-0.2, -0.15) is 0 Å². The summed E-state index contributed by atoms with van der Waals surface area (Å²) in [6, 6.07) is 4.44. The zero-order chi connectivity index (χ0) is 8.27. The van der Waals surface area contributed by atoms with Gasteiger partial charge in [0.1, 0.15) is 5.82 Å². The van der Waals surface area contributed by atoms with Crippen LogP contribution in [0.5, 0.6) is 0 Å². The molecule has 0 unspecified atom stereocenters. The fourth-order valence-electron chi connectivity index (χ4n) is 0.770. The number of nitrogens with one attached hydrogen (secondary N) is 1. The molecule has 1 aromatic carbocycles. The average Bonchev–Trinajstić information content (AvgIpc) is 1.99. The number of halogens is 2. The summed E-state index contributed by atoms with van der Waals surface area (Å²) >= 11 is 5.55. The molecule has 0 heterocycles. The van der Waals surface area contributed by atoms with Gasteiger partial charge in [0.15, 0.2) is 0 Å². The normalized spacial score (nSPS) is 10.1. The van der Waals surface area contributed by atoms with Crippen LogP contribution in [0.1, 0.15) is 5.56 Å². The molecule has 0 aliphatic carbocycles. The molecule has 2 N–H and O–H groups in total. The van der Waals surface area contributed by atoms with Crippen molar-refractivity contribution in [1.29, 1.82) is 0 Å². The summed E-state index contributed by atoms with van der Waals surface area (Å²) in [4.78, 5) is 0. The first-order valence-corrected chi connectivity index (χ1v) is 3.43. The van der Waals surface area contributed by atoms with E-state index >= 15 is 0 Å². The highest BCUT2D eigenvalue weighted by atomic mass is 35.5. The van der Waals surface area contributed by atoms with E-state index < -0.39 is 5.82 Å². The second kappa shape index (κ2) is 3.67. The van der Waals surface area contributed by atoms with Crippen molar-refractivity contribution in [1.82, 2.24) is 5.48 Å². The SMILES string of the molecule is ONCc1cccc(F)c1Cl. The Morgan fingerprint density at radius 3 is 2.91 bits per heavy atom. The maximum atomic E-state index is 12.7. The van der Waals surface area contributed by atoms with Crippen molar-refractivity contribution in [2.24, 2.45) is 0 Å². The van der Waals surface area contributed by atoms with Gasteiger partial charge in [0.2, 0.25) is 0 Å². The molecule has 4 heteroatoms. The van der Waals surface area contributed by atoms with Crippen molar-refractivity contribution in [3.8, 4) is 0 Å². The molecule has 0 aliphatic heterocycles. The third kappa shape index (κ3) is 1.89. The van der Waals surface area contributed by atoms with Crippen LogP contribution in [-0.2, 0) is 6.54 Å². The van der Waals surface area contributed by atoms with Crippen LogP contribution >= 0.6 is 11.6 Å². The molecule has 0 radical (unpaired) electrons. The predicted octanol–water partition coefficient (Wildman–Crippen LogP) is 1.96. The lowest BCUT2D eigenvalue weighted by atomic mass is 10.2. The standard InChI is InChI=1S/C7H7ClFNO/c8-7-5(4-10-11)2-1-3-6(7)9/h1-3,10-11H,4H2. The summed E-state index contributed by atoms with van der Waals surface area (Å²) in [5.74, 6) is -0.473. The Hall–Kier alpha value is -0.640. The number of hydrogen-bond donors (Lipinski definition) is 2. The van der Waals surface area contributed by atoms with Gasteiger partial charge in [0, 0.05) is 6.54 Å². The first kappa shape index (κ1) is 8.46. The zero-order valence-corrected chi connectivity index (χ0v) is 6.40. The van der Waals surface area contributed by atoms with Crippen LogP contribution in [0.3, 0.4) is 0 Å². The van der Waals surface area contributed by atoms with E-state index in [4.69, 9.17) is 16.8 Å². The Morgan fingerprint density at radius 2 is 2.27 bits per heavy atom. The fraction of sp³-hybridized carbons (Fsp3) is 0.143. The molecule has 0 saturated carbocycles. The predicted molar refractivity (Wildman–Crippen MR) is 40.0 cm³/mol. The van der Waals surface area contributed by atoms with E-state index in [9.17, 15) is 4.39 Å². The topological polar surface area (TPSA) is 32.3 Å². The number of rotatable bonds is 2. The van der Waals surface area contributed by atoms with Crippen LogP contribution in [-0.4, -0.2) is 5.21 Å². The molecule has 0 aliphatic rings. The number of hydroxylamine groups is 1. The minimum atomic E-state index is -0.473. The molecule has 0 atom stereocenters. The maximum absolute atomic E-state index is 12.7. The second-order valence-electron chi connectivity index (χ2n) is 2.05. The third-order valence-corrected chi connectivity index (χ3v) is 1.72. The first-order chi connectivity index (χ1) is 5.25. The van der Waals surface area contributed by atoms with E-state index in [2.05, 4.69) is 0 Å². The second-order valence-corrected chi connectivity index (χ2v) is 2.43. The van der Waals surface area contributed by atoms with Crippen molar-refractivity contribution in [3.63, 3.8) is 0 Å². The Balaban J connectivity index is 2.96. The molecule has 1 aromatic rings. The van der Waals surface area contributed by atoms with Crippen molar-refractivity contribution >= 4 is 11.6 Å². The van der Waals surface area contributed by atoms with Gasteiger partial charge in [-0.15, -0.1) is 0 Å². The third-order valence-electron chi connectivity index (χ3n) is 1.30. The summed E-state index contributed by atoms with van der Waals surface area (Å²) in [7, 11) is 0. The molecule has 0 fully saturated rings. The van der Waals surface area contributed by atoms with Crippen LogP contribution < -0.4 is 5.48 Å². The van der Waals surface area contributed by atoms with E-state index in [1.54, 1.807) is 6.07 Å². The Morgan fingerprint density at radius 1 is 1.55 bits per heavy atom. The molecule has 0 amide bonds. The van der Waals surface area contributed by atoms with E-state index in [1.165, 1.54) is 12.1 Å². The molecule has 0 bridgehead atoms. The maximum Gasteiger partial charge on any atom is 0.142 e. The average molecular weight is 176 g/mol. The monoisotopic (exact) mass is 175 g/mol. The zero-order valence-electron chi connectivity index (χ0n) is 5.64. The van der Waals surface area contributed by atoms with Crippen molar-refractivity contribution in [3.05, 3.63) is 34.6 Å². The van der Waals surface area contributed by atoms with Crippen molar-refractivity contribution in [2.45, 2.75) is 6.54 Å². The summed E-state index contributed by atoms with van der Waals surface area (Å²) < 4.78 is 12.7. The van der Waals surface area contributed by atoms with Crippen LogP contribution in [0.25, 0.3) is 0 Å². The fourth-order valence-corrected chi connectivity index (χ4v) is 0.963. The van der Waals surface area contributed by atoms with Gasteiger partial charge in [-0.1, -0.05) is 23.7 Å². The highest BCUT2D eigenvalue weighted by Crippen LogP contribution is 2.18. The molecule has 60 valence electrons. The smallest absolute Gasteiger partial charge is 0.142 e. The molecule has 0 saturated heterocycles. The lowest BCUT2D eigenvalue weighted by Crippen LogP contribution is -2.06. The molecule has 2 nitrogen and oxygen atoms in total. The van der Waals surface area contributed by atoms with Gasteiger partial charge in [-0.25, -0.2) is 9.87 Å². The highest BCUT2D eigenvalue weighted by molar-refractivity contribution is 6.31. The molecule has 0 aromatic heterocycles. The van der Waals surface area contributed by atoms with Crippen LogP contribution in [0, 0.1) is 5.82 Å². The molecule has 11 heavy (non-hydrogen) atoms. The van der Waals surface area contributed by atoms with Crippen molar-refractivity contribution < 1.29 is 9.60 Å². The summed E-state index contributed by atoms with van der Waals surface area (Å²) in [5, 5.41) is 8.35. The van der Waals surface area contributed by atoms with Gasteiger partial charge in [0.05, 0.1) is 5.02 Å². The minimum Gasteiger partial charge on any atom is -0.316 e.